The molecule has 3 aromatic rings. The third-order valence-electron chi connectivity index (χ3n) is 3.98. The molecule has 0 aliphatic rings. The summed E-state index contributed by atoms with van der Waals surface area (Å²) in [5, 5.41) is 17.6. The first kappa shape index (κ1) is 18.9. The highest BCUT2D eigenvalue weighted by Gasteiger charge is 2.23. The van der Waals surface area contributed by atoms with E-state index in [1.807, 2.05) is 24.3 Å². The zero-order chi connectivity index (χ0) is 19.9. The summed E-state index contributed by atoms with van der Waals surface area (Å²) in [5.74, 6) is 1.65. The summed E-state index contributed by atoms with van der Waals surface area (Å²) in [4.78, 5) is 19.2. The third kappa shape index (κ3) is 4.44. The number of anilines is 3. The van der Waals surface area contributed by atoms with E-state index in [0.717, 1.165) is 11.3 Å². The first-order chi connectivity index (χ1) is 13.6. The van der Waals surface area contributed by atoms with Gasteiger partial charge in [0.05, 0.1) is 19.1 Å². The highest BCUT2D eigenvalue weighted by molar-refractivity contribution is 5.73. The van der Waals surface area contributed by atoms with Crippen molar-refractivity contribution in [2.75, 3.05) is 24.9 Å². The Morgan fingerprint density at radius 3 is 2.07 bits per heavy atom. The van der Waals surface area contributed by atoms with Gasteiger partial charge in [-0.2, -0.15) is 0 Å². The SMILES string of the molecule is COc1ccc(CNc2ncnc(Nc3ccc(OC)cc3)c2[N+](=O)[O-])cc1. The molecule has 0 unspecified atom stereocenters. The molecule has 0 amide bonds. The monoisotopic (exact) mass is 381 g/mol. The van der Waals surface area contributed by atoms with Crippen molar-refractivity contribution in [3.8, 4) is 11.5 Å². The maximum Gasteiger partial charge on any atom is 0.353 e. The van der Waals surface area contributed by atoms with E-state index in [1.165, 1.54) is 6.33 Å². The molecule has 9 nitrogen and oxygen atoms in total. The van der Waals surface area contributed by atoms with Crippen molar-refractivity contribution >= 4 is 23.0 Å². The van der Waals surface area contributed by atoms with Crippen LogP contribution in [0.2, 0.25) is 0 Å². The number of aromatic nitrogens is 2. The summed E-state index contributed by atoms with van der Waals surface area (Å²) in [7, 11) is 3.16. The minimum atomic E-state index is -0.512. The minimum Gasteiger partial charge on any atom is -0.497 e. The van der Waals surface area contributed by atoms with Crippen molar-refractivity contribution in [1.29, 1.82) is 0 Å². The standard InChI is InChI=1S/C19H19N5O4/c1-27-15-7-3-13(4-8-15)11-20-18-17(24(25)26)19(22-12-21-18)23-14-5-9-16(28-2)10-6-14/h3-10,12H,11H2,1-2H3,(H2,20,21,22,23). The summed E-state index contributed by atoms with van der Waals surface area (Å²) >= 11 is 0. The van der Waals surface area contributed by atoms with Crippen LogP contribution in [0.5, 0.6) is 11.5 Å². The molecule has 3 rings (SSSR count). The van der Waals surface area contributed by atoms with Crippen LogP contribution in [0.3, 0.4) is 0 Å². The van der Waals surface area contributed by atoms with Gasteiger partial charge >= 0.3 is 5.69 Å². The molecule has 0 aliphatic heterocycles. The molecule has 0 bridgehead atoms. The molecule has 2 aromatic carbocycles. The summed E-state index contributed by atoms with van der Waals surface area (Å²) in [6, 6.07) is 14.4. The molecule has 0 saturated heterocycles. The van der Waals surface area contributed by atoms with Crippen molar-refractivity contribution in [1.82, 2.24) is 9.97 Å². The smallest absolute Gasteiger partial charge is 0.353 e. The first-order valence-electron chi connectivity index (χ1n) is 8.38. The zero-order valence-corrected chi connectivity index (χ0v) is 15.4. The van der Waals surface area contributed by atoms with E-state index in [1.54, 1.807) is 38.5 Å². The first-order valence-corrected chi connectivity index (χ1v) is 8.38. The molecule has 144 valence electrons. The van der Waals surface area contributed by atoms with E-state index in [-0.39, 0.29) is 17.3 Å². The van der Waals surface area contributed by atoms with Crippen LogP contribution in [0, 0.1) is 10.1 Å². The Balaban J connectivity index is 1.80. The molecule has 9 heteroatoms. The predicted molar refractivity (Wildman–Crippen MR) is 105 cm³/mol. The largest absolute Gasteiger partial charge is 0.497 e. The quantitative estimate of drug-likeness (QED) is 0.448. The fourth-order valence-electron chi connectivity index (χ4n) is 2.51. The van der Waals surface area contributed by atoms with Gasteiger partial charge in [0.25, 0.3) is 0 Å². The summed E-state index contributed by atoms with van der Waals surface area (Å²) in [6.07, 6.45) is 1.27. The Morgan fingerprint density at radius 2 is 1.50 bits per heavy atom. The van der Waals surface area contributed by atoms with Crippen LogP contribution in [-0.4, -0.2) is 29.1 Å². The number of nitrogens with one attached hydrogen (secondary N) is 2. The number of nitrogens with zero attached hydrogens (tertiary/aromatic N) is 3. The molecule has 0 atom stereocenters. The van der Waals surface area contributed by atoms with Gasteiger partial charge < -0.3 is 20.1 Å². The lowest BCUT2D eigenvalue weighted by molar-refractivity contribution is -0.383. The van der Waals surface area contributed by atoms with Crippen molar-refractivity contribution < 1.29 is 14.4 Å². The molecule has 0 spiro atoms. The summed E-state index contributed by atoms with van der Waals surface area (Å²) in [6.45, 7) is 0.365. The van der Waals surface area contributed by atoms with Gasteiger partial charge in [-0.25, -0.2) is 9.97 Å². The lowest BCUT2D eigenvalue weighted by Gasteiger charge is -2.11. The van der Waals surface area contributed by atoms with Crippen LogP contribution in [0.15, 0.2) is 54.9 Å². The molecule has 1 heterocycles. The van der Waals surface area contributed by atoms with E-state index in [9.17, 15) is 10.1 Å². The molecule has 0 aliphatic carbocycles. The topological polar surface area (TPSA) is 111 Å². The normalized spacial score (nSPS) is 10.2. The van der Waals surface area contributed by atoms with Crippen LogP contribution in [0.1, 0.15) is 5.56 Å². The second kappa shape index (κ2) is 8.67. The number of hydrogen-bond acceptors (Lipinski definition) is 8. The molecular formula is C19H19N5O4. The van der Waals surface area contributed by atoms with E-state index in [0.29, 0.717) is 18.0 Å². The fraction of sp³-hybridized carbons (Fsp3) is 0.158. The molecule has 2 N–H and O–H groups in total. The number of rotatable bonds is 8. The van der Waals surface area contributed by atoms with Crippen LogP contribution >= 0.6 is 0 Å². The number of hydrogen-bond donors (Lipinski definition) is 2. The molecule has 0 fully saturated rings. The van der Waals surface area contributed by atoms with Gasteiger partial charge in [-0.3, -0.25) is 10.1 Å². The van der Waals surface area contributed by atoms with Gasteiger partial charge in [0.1, 0.15) is 17.8 Å². The molecular weight excluding hydrogens is 362 g/mol. The van der Waals surface area contributed by atoms with E-state index < -0.39 is 4.92 Å². The average Bonchev–Trinajstić information content (AvgIpc) is 2.73. The van der Waals surface area contributed by atoms with Gasteiger partial charge in [0, 0.05) is 12.2 Å². The van der Waals surface area contributed by atoms with Crippen LogP contribution in [-0.2, 0) is 6.54 Å². The summed E-state index contributed by atoms with van der Waals surface area (Å²) in [5.41, 5.74) is 1.34. The van der Waals surface area contributed by atoms with Crippen LogP contribution in [0.4, 0.5) is 23.0 Å². The highest BCUT2D eigenvalue weighted by atomic mass is 16.6. The Labute approximate surface area is 161 Å². The zero-order valence-electron chi connectivity index (χ0n) is 15.4. The van der Waals surface area contributed by atoms with E-state index in [2.05, 4.69) is 20.6 Å². The summed E-state index contributed by atoms with van der Waals surface area (Å²) < 4.78 is 10.2. The molecule has 1 aromatic heterocycles. The molecule has 0 radical (unpaired) electrons. The van der Waals surface area contributed by atoms with Crippen molar-refractivity contribution in [3.05, 3.63) is 70.5 Å². The van der Waals surface area contributed by atoms with Crippen molar-refractivity contribution in [2.45, 2.75) is 6.54 Å². The van der Waals surface area contributed by atoms with Crippen LogP contribution < -0.4 is 20.1 Å². The van der Waals surface area contributed by atoms with Crippen molar-refractivity contribution in [2.24, 2.45) is 0 Å². The highest BCUT2D eigenvalue weighted by Crippen LogP contribution is 2.31. The van der Waals surface area contributed by atoms with Crippen LogP contribution in [0.25, 0.3) is 0 Å². The van der Waals surface area contributed by atoms with E-state index >= 15 is 0 Å². The Kier molecular flexibility index (Phi) is 5.85. The predicted octanol–water partition coefficient (Wildman–Crippen LogP) is 3.76. The third-order valence-corrected chi connectivity index (χ3v) is 3.98. The van der Waals surface area contributed by atoms with E-state index in [4.69, 9.17) is 9.47 Å². The Morgan fingerprint density at radius 1 is 0.929 bits per heavy atom. The molecule has 28 heavy (non-hydrogen) atoms. The number of benzene rings is 2. The van der Waals surface area contributed by atoms with Gasteiger partial charge in [0.15, 0.2) is 0 Å². The number of methoxy groups -OCH3 is 2. The van der Waals surface area contributed by atoms with Gasteiger partial charge in [-0.05, 0) is 42.0 Å². The Bertz CT molecular complexity index is 946. The van der Waals surface area contributed by atoms with Gasteiger partial charge in [0.2, 0.25) is 11.6 Å². The number of nitro groups is 1. The Hall–Kier alpha value is -3.88. The lowest BCUT2D eigenvalue weighted by Crippen LogP contribution is -2.08. The maximum absolute atomic E-state index is 11.6. The lowest BCUT2D eigenvalue weighted by atomic mass is 10.2. The second-order valence-electron chi connectivity index (χ2n) is 5.73. The molecule has 0 saturated carbocycles. The maximum atomic E-state index is 11.6. The minimum absolute atomic E-state index is 0.0994. The van der Waals surface area contributed by atoms with Crippen molar-refractivity contribution in [3.63, 3.8) is 0 Å². The number of ether oxygens (including phenoxy) is 2. The van der Waals surface area contributed by atoms with Gasteiger partial charge in [-0.1, -0.05) is 12.1 Å². The fourth-order valence-corrected chi connectivity index (χ4v) is 2.51. The van der Waals surface area contributed by atoms with Gasteiger partial charge in [-0.15, -0.1) is 0 Å². The second-order valence-corrected chi connectivity index (χ2v) is 5.73. The average molecular weight is 381 g/mol.